The molecule has 0 amide bonds. The Bertz CT molecular complexity index is 581. The van der Waals surface area contributed by atoms with Crippen molar-refractivity contribution in [3.05, 3.63) is 34.9 Å². The Morgan fingerprint density at radius 2 is 2.11 bits per heavy atom. The molecule has 2 heterocycles. The molecule has 1 N–H and O–H groups in total. The molecule has 1 aliphatic heterocycles. The smallest absolute Gasteiger partial charge is 0.230 e. The van der Waals surface area contributed by atoms with Gasteiger partial charge in [-0.3, -0.25) is 0 Å². The van der Waals surface area contributed by atoms with E-state index in [1.54, 1.807) is 6.07 Å². The number of benzene rings is 1. The maximum Gasteiger partial charge on any atom is 0.230 e. The van der Waals surface area contributed by atoms with E-state index in [1.165, 1.54) is 12.1 Å². The molecular weight excluding hydrogens is 269 g/mol. The van der Waals surface area contributed by atoms with Crippen LogP contribution < -0.4 is 5.32 Å². The monoisotopic (exact) mass is 281 g/mol. The highest BCUT2D eigenvalue weighted by atomic mass is 35.5. The Labute approximate surface area is 115 Å². The lowest BCUT2D eigenvalue weighted by Gasteiger charge is -2.18. The molecule has 0 bridgehead atoms. The molecule has 1 fully saturated rings. The van der Waals surface area contributed by atoms with Crippen LogP contribution in [0.4, 0.5) is 4.39 Å². The van der Waals surface area contributed by atoms with Gasteiger partial charge in [0.25, 0.3) is 0 Å². The van der Waals surface area contributed by atoms with Crippen molar-refractivity contribution >= 4 is 11.6 Å². The van der Waals surface area contributed by atoms with Gasteiger partial charge in [-0.1, -0.05) is 16.8 Å². The molecule has 6 heteroatoms. The van der Waals surface area contributed by atoms with Crippen LogP contribution in [-0.2, 0) is 0 Å². The zero-order valence-corrected chi connectivity index (χ0v) is 11.0. The van der Waals surface area contributed by atoms with E-state index < -0.39 is 0 Å². The molecule has 2 aromatic rings. The van der Waals surface area contributed by atoms with Gasteiger partial charge in [0, 0.05) is 11.5 Å². The number of aromatic nitrogens is 2. The fourth-order valence-electron chi connectivity index (χ4n) is 2.25. The molecule has 0 radical (unpaired) electrons. The normalized spacial score (nSPS) is 16.7. The molecule has 0 atom stereocenters. The fraction of sp³-hybridized carbons (Fsp3) is 0.385. The van der Waals surface area contributed by atoms with E-state index in [2.05, 4.69) is 15.5 Å². The van der Waals surface area contributed by atoms with Gasteiger partial charge in [-0.15, -0.1) is 0 Å². The standard InChI is InChI=1S/C13H13ClFN3O/c14-11-7-9(15)1-2-10(11)12-17-13(19-18-12)8-3-5-16-6-4-8/h1-2,7-8,16H,3-6H2. The van der Waals surface area contributed by atoms with Crippen molar-refractivity contribution in [1.29, 1.82) is 0 Å². The van der Waals surface area contributed by atoms with Crippen LogP contribution in [0.3, 0.4) is 0 Å². The number of rotatable bonds is 2. The van der Waals surface area contributed by atoms with Crippen LogP contribution in [0.1, 0.15) is 24.7 Å². The topological polar surface area (TPSA) is 51.0 Å². The number of nitrogens with zero attached hydrogens (tertiary/aromatic N) is 2. The molecule has 100 valence electrons. The molecule has 1 saturated heterocycles. The Balaban J connectivity index is 1.87. The molecule has 1 aliphatic rings. The van der Waals surface area contributed by atoms with E-state index in [0.29, 0.717) is 23.2 Å². The molecule has 3 rings (SSSR count). The zero-order chi connectivity index (χ0) is 13.2. The summed E-state index contributed by atoms with van der Waals surface area (Å²) in [5, 5.41) is 7.51. The molecule has 0 spiro atoms. The summed E-state index contributed by atoms with van der Waals surface area (Å²) in [6.45, 7) is 1.92. The SMILES string of the molecule is Fc1ccc(-c2noc(C3CCNCC3)n2)c(Cl)c1. The van der Waals surface area contributed by atoms with Crippen LogP contribution in [0.25, 0.3) is 11.4 Å². The average Bonchev–Trinajstić information content (AvgIpc) is 2.89. The molecule has 0 saturated carbocycles. The maximum absolute atomic E-state index is 13.0. The summed E-state index contributed by atoms with van der Waals surface area (Å²) < 4.78 is 18.3. The largest absolute Gasteiger partial charge is 0.339 e. The van der Waals surface area contributed by atoms with Gasteiger partial charge in [-0.2, -0.15) is 4.98 Å². The van der Waals surface area contributed by atoms with Crippen molar-refractivity contribution in [2.75, 3.05) is 13.1 Å². The number of piperidine rings is 1. The number of nitrogens with one attached hydrogen (secondary N) is 1. The van der Waals surface area contributed by atoms with Crippen molar-refractivity contribution in [1.82, 2.24) is 15.5 Å². The quantitative estimate of drug-likeness (QED) is 0.919. The summed E-state index contributed by atoms with van der Waals surface area (Å²) in [6, 6.07) is 4.15. The van der Waals surface area contributed by atoms with Gasteiger partial charge in [-0.05, 0) is 44.1 Å². The predicted molar refractivity (Wildman–Crippen MR) is 69.5 cm³/mol. The fourth-order valence-corrected chi connectivity index (χ4v) is 2.50. The lowest BCUT2D eigenvalue weighted by molar-refractivity contribution is 0.320. The van der Waals surface area contributed by atoms with Crippen LogP contribution >= 0.6 is 11.6 Å². The van der Waals surface area contributed by atoms with Gasteiger partial charge < -0.3 is 9.84 Å². The lowest BCUT2D eigenvalue weighted by Crippen LogP contribution is -2.26. The molecule has 19 heavy (non-hydrogen) atoms. The van der Waals surface area contributed by atoms with Crippen LogP contribution in [-0.4, -0.2) is 23.2 Å². The van der Waals surface area contributed by atoms with Crippen molar-refractivity contribution in [3.63, 3.8) is 0 Å². The highest BCUT2D eigenvalue weighted by Gasteiger charge is 2.22. The van der Waals surface area contributed by atoms with Gasteiger partial charge in [0.1, 0.15) is 5.82 Å². The third kappa shape index (κ3) is 2.62. The second-order valence-corrected chi connectivity index (χ2v) is 5.01. The van der Waals surface area contributed by atoms with Crippen LogP contribution in [0, 0.1) is 5.82 Å². The minimum absolute atomic E-state index is 0.290. The van der Waals surface area contributed by atoms with Crippen molar-refractivity contribution in [2.45, 2.75) is 18.8 Å². The average molecular weight is 282 g/mol. The molecular formula is C13H13ClFN3O. The van der Waals surface area contributed by atoms with Crippen molar-refractivity contribution in [2.24, 2.45) is 0 Å². The van der Waals surface area contributed by atoms with Crippen LogP contribution in [0.15, 0.2) is 22.7 Å². The first-order valence-electron chi connectivity index (χ1n) is 6.24. The summed E-state index contributed by atoms with van der Waals surface area (Å²) in [5.74, 6) is 0.966. The van der Waals surface area contributed by atoms with Gasteiger partial charge in [0.2, 0.25) is 11.7 Å². The third-order valence-electron chi connectivity index (χ3n) is 3.30. The van der Waals surface area contributed by atoms with Crippen molar-refractivity contribution in [3.8, 4) is 11.4 Å². The Morgan fingerprint density at radius 3 is 2.84 bits per heavy atom. The van der Waals surface area contributed by atoms with Gasteiger partial charge >= 0.3 is 0 Å². The second-order valence-electron chi connectivity index (χ2n) is 4.60. The van der Waals surface area contributed by atoms with E-state index in [-0.39, 0.29) is 10.8 Å². The second kappa shape index (κ2) is 5.27. The first kappa shape index (κ1) is 12.6. The summed E-state index contributed by atoms with van der Waals surface area (Å²) >= 11 is 5.99. The van der Waals surface area contributed by atoms with E-state index in [0.717, 1.165) is 25.9 Å². The number of hydrogen-bond donors (Lipinski definition) is 1. The molecule has 1 aromatic heterocycles. The van der Waals surface area contributed by atoms with E-state index in [9.17, 15) is 4.39 Å². The van der Waals surface area contributed by atoms with Crippen LogP contribution in [0.5, 0.6) is 0 Å². The highest BCUT2D eigenvalue weighted by molar-refractivity contribution is 6.33. The van der Waals surface area contributed by atoms with E-state index >= 15 is 0 Å². The zero-order valence-electron chi connectivity index (χ0n) is 10.2. The summed E-state index contributed by atoms with van der Waals surface area (Å²) in [6.07, 6.45) is 1.97. The predicted octanol–water partition coefficient (Wildman–Crippen LogP) is 3.00. The number of halogens is 2. The number of hydrogen-bond acceptors (Lipinski definition) is 4. The molecule has 0 aliphatic carbocycles. The first-order chi connectivity index (χ1) is 9.24. The molecule has 4 nitrogen and oxygen atoms in total. The van der Waals surface area contributed by atoms with Gasteiger partial charge in [-0.25, -0.2) is 4.39 Å². The maximum atomic E-state index is 13.0. The Kier molecular flexibility index (Phi) is 3.48. The van der Waals surface area contributed by atoms with Gasteiger partial charge in [0.15, 0.2) is 0 Å². The summed E-state index contributed by atoms with van der Waals surface area (Å²) in [7, 11) is 0. The molecule has 1 aromatic carbocycles. The lowest BCUT2D eigenvalue weighted by atomic mass is 9.98. The summed E-state index contributed by atoms with van der Waals surface area (Å²) in [4.78, 5) is 4.38. The first-order valence-corrected chi connectivity index (χ1v) is 6.61. The Hall–Kier alpha value is -1.46. The minimum Gasteiger partial charge on any atom is -0.339 e. The van der Waals surface area contributed by atoms with E-state index in [4.69, 9.17) is 16.1 Å². The Morgan fingerprint density at radius 1 is 1.32 bits per heavy atom. The highest BCUT2D eigenvalue weighted by Crippen LogP contribution is 2.29. The van der Waals surface area contributed by atoms with E-state index in [1.807, 2.05) is 0 Å². The van der Waals surface area contributed by atoms with Gasteiger partial charge in [0.05, 0.1) is 5.02 Å². The molecule has 0 unspecified atom stereocenters. The third-order valence-corrected chi connectivity index (χ3v) is 3.61. The summed E-state index contributed by atoms with van der Waals surface area (Å²) in [5.41, 5.74) is 0.590. The van der Waals surface area contributed by atoms with Crippen LogP contribution in [0.2, 0.25) is 5.02 Å². The minimum atomic E-state index is -0.379. The van der Waals surface area contributed by atoms with Crippen molar-refractivity contribution < 1.29 is 8.91 Å².